The van der Waals surface area contributed by atoms with Gasteiger partial charge in [0.05, 0.1) is 28.6 Å². The average molecular weight is 353 g/mol. The van der Waals surface area contributed by atoms with Crippen molar-refractivity contribution in [2.24, 2.45) is 0 Å². The van der Waals surface area contributed by atoms with E-state index < -0.39 is 6.10 Å². The molecule has 1 unspecified atom stereocenters. The van der Waals surface area contributed by atoms with Gasteiger partial charge in [-0.05, 0) is 41.9 Å². The van der Waals surface area contributed by atoms with Crippen molar-refractivity contribution < 1.29 is 9.84 Å². The van der Waals surface area contributed by atoms with Crippen LogP contribution in [-0.4, -0.2) is 27.6 Å². The third-order valence-corrected chi connectivity index (χ3v) is 4.38. The van der Waals surface area contributed by atoms with Crippen molar-refractivity contribution in [2.75, 3.05) is 6.61 Å². The van der Waals surface area contributed by atoms with Gasteiger partial charge in [0.25, 0.3) is 0 Å². The predicted molar refractivity (Wildman–Crippen MR) is 86.6 cm³/mol. The molecule has 2 rings (SSSR count). The second-order valence-corrected chi connectivity index (χ2v) is 5.76. The maximum Gasteiger partial charge on any atom is 0.119 e. The van der Waals surface area contributed by atoms with E-state index in [-0.39, 0.29) is 0 Å². The van der Waals surface area contributed by atoms with E-state index >= 15 is 0 Å². The van der Waals surface area contributed by atoms with E-state index in [9.17, 15) is 5.11 Å². The maximum atomic E-state index is 10.2. The molecule has 0 bridgehead atoms. The molecule has 4 nitrogen and oxygen atoms in total. The lowest BCUT2D eigenvalue weighted by Crippen LogP contribution is -2.17. The molecule has 114 valence electrons. The summed E-state index contributed by atoms with van der Waals surface area (Å²) in [6, 6.07) is 9.65. The first kappa shape index (κ1) is 16.0. The molecule has 1 atom stereocenters. The standard InChI is InChI=1S/C16H21BrN2O2/c1-3-19-15(16(17)12(2)18-19)11-13(20)9-10-21-14-7-5-4-6-8-14/h4-8,13,20H,3,9-11H2,1-2H3. The van der Waals surface area contributed by atoms with Crippen LogP contribution in [0.3, 0.4) is 0 Å². The second kappa shape index (κ2) is 7.61. The molecule has 0 fully saturated rings. The Balaban J connectivity index is 1.86. The van der Waals surface area contributed by atoms with E-state index in [0.717, 1.165) is 28.2 Å². The van der Waals surface area contributed by atoms with E-state index in [0.29, 0.717) is 19.4 Å². The molecule has 0 aliphatic rings. The van der Waals surface area contributed by atoms with Crippen LogP contribution in [0.15, 0.2) is 34.8 Å². The first-order chi connectivity index (χ1) is 10.1. The number of ether oxygens (including phenoxy) is 1. The van der Waals surface area contributed by atoms with Crippen molar-refractivity contribution in [3.8, 4) is 5.75 Å². The molecule has 2 aromatic rings. The Hall–Kier alpha value is -1.33. The molecule has 1 aromatic carbocycles. The summed E-state index contributed by atoms with van der Waals surface area (Å²) in [4.78, 5) is 0. The van der Waals surface area contributed by atoms with E-state index in [2.05, 4.69) is 21.0 Å². The second-order valence-electron chi connectivity index (χ2n) is 4.97. The van der Waals surface area contributed by atoms with Crippen molar-refractivity contribution in [1.29, 1.82) is 0 Å². The number of aliphatic hydroxyl groups excluding tert-OH is 1. The molecular weight excluding hydrogens is 332 g/mol. The molecule has 0 radical (unpaired) electrons. The van der Waals surface area contributed by atoms with E-state index in [4.69, 9.17) is 4.74 Å². The maximum absolute atomic E-state index is 10.2. The fourth-order valence-corrected chi connectivity index (χ4v) is 2.66. The highest BCUT2D eigenvalue weighted by atomic mass is 79.9. The number of aliphatic hydroxyl groups is 1. The molecule has 1 heterocycles. The Bertz CT molecular complexity index is 569. The van der Waals surface area contributed by atoms with Crippen LogP contribution >= 0.6 is 15.9 Å². The number of para-hydroxylation sites is 1. The number of aryl methyl sites for hydroxylation is 2. The largest absolute Gasteiger partial charge is 0.493 e. The Morgan fingerprint density at radius 2 is 2.05 bits per heavy atom. The first-order valence-corrected chi connectivity index (χ1v) is 7.98. The third kappa shape index (κ3) is 4.32. The molecule has 0 saturated carbocycles. The third-order valence-electron chi connectivity index (χ3n) is 3.34. The van der Waals surface area contributed by atoms with Gasteiger partial charge >= 0.3 is 0 Å². The van der Waals surface area contributed by atoms with E-state index in [1.54, 1.807) is 0 Å². The quantitative estimate of drug-likeness (QED) is 0.831. The number of rotatable bonds is 7. The van der Waals surface area contributed by atoms with E-state index in [1.165, 1.54) is 0 Å². The highest BCUT2D eigenvalue weighted by Gasteiger charge is 2.16. The van der Waals surface area contributed by atoms with Gasteiger partial charge in [-0.2, -0.15) is 5.10 Å². The monoisotopic (exact) mass is 352 g/mol. The van der Waals surface area contributed by atoms with Gasteiger partial charge in [0, 0.05) is 19.4 Å². The summed E-state index contributed by atoms with van der Waals surface area (Å²) in [7, 11) is 0. The SMILES string of the molecule is CCn1nc(C)c(Br)c1CC(O)CCOc1ccccc1. The molecule has 0 aliphatic carbocycles. The lowest BCUT2D eigenvalue weighted by atomic mass is 10.1. The highest BCUT2D eigenvalue weighted by molar-refractivity contribution is 9.10. The summed E-state index contributed by atoms with van der Waals surface area (Å²) >= 11 is 3.55. The zero-order valence-corrected chi connectivity index (χ0v) is 14.0. The number of nitrogens with zero attached hydrogens (tertiary/aromatic N) is 2. The zero-order valence-electron chi connectivity index (χ0n) is 12.4. The summed E-state index contributed by atoms with van der Waals surface area (Å²) in [5.74, 6) is 0.834. The highest BCUT2D eigenvalue weighted by Crippen LogP contribution is 2.23. The molecule has 0 spiro atoms. The number of aromatic nitrogens is 2. The van der Waals surface area contributed by atoms with Crippen LogP contribution in [0.2, 0.25) is 0 Å². The van der Waals surface area contributed by atoms with Crippen LogP contribution < -0.4 is 4.74 Å². The number of hydrogen-bond donors (Lipinski definition) is 1. The van der Waals surface area contributed by atoms with Crippen LogP contribution in [0.1, 0.15) is 24.7 Å². The molecule has 21 heavy (non-hydrogen) atoms. The van der Waals surface area contributed by atoms with Gasteiger partial charge < -0.3 is 9.84 Å². The smallest absolute Gasteiger partial charge is 0.119 e. The average Bonchev–Trinajstić information content (AvgIpc) is 2.76. The lowest BCUT2D eigenvalue weighted by Gasteiger charge is -2.13. The summed E-state index contributed by atoms with van der Waals surface area (Å²) in [5, 5.41) is 14.6. The predicted octanol–water partition coefficient (Wildman–Crippen LogP) is 3.35. The molecule has 0 aliphatic heterocycles. The molecule has 1 aromatic heterocycles. The minimum atomic E-state index is -0.439. The molecule has 1 N–H and O–H groups in total. The van der Waals surface area contributed by atoms with Gasteiger partial charge in [-0.25, -0.2) is 0 Å². The van der Waals surface area contributed by atoms with Crippen LogP contribution in [-0.2, 0) is 13.0 Å². The van der Waals surface area contributed by atoms with Crippen molar-refractivity contribution in [3.05, 3.63) is 46.2 Å². The van der Waals surface area contributed by atoms with Gasteiger partial charge in [0.2, 0.25) is 0 Å². The van der Waals surface area contributed by atoms with Crippen molar-refractivity contribution >= 4 is 15.9 Å². The summed E-state index contributed by atoms with van der Waals surface area (Å²) in [6.45, 7) is 5.31. The summed E-state index contributed by atoms with van der Waals surface area (Å²) in [5.41, 5.74) is 2.00. The number of hydrogen-bond acceptors (Lipinski definition) is 3. The molecule has 0 saturated heterocycles. The summed E-state index contributed by atoms with van der Waals surface area (Å²) < 4.78 is 8.54. The fourth-order valence-electron chi connectivity index (χ4n) is 2.22. The molecule has 5 heteroatoms. The van der Waals surface area contributed by atoms with Gasteiger partial charge in [-0.1, -0.05) is 18.2 Å². The Morgan fingerprint density at radius 1 is 1.33 bits per heavy atom. The van der Waals surface area contributed by atoms with Gasteiger partial charge in [0.1, 0.15) is 5.75 Å². The van der Waals surface area contributed by atoms with Crippen molar-refractivity contribution in [2.45, 2.75) is 39.3 Å². The van der Waals surface area contributed by atoms with Crippen LogP contribution in [0.4, 0.5) is 0 Å². The van der Waals surface area contributed by atoms with Gasteiger partial charge in [0.15, 0.2) is 0 Å². The minimum Gasteiger partial charge on any atom is -0.493 e. The Labute approximate surface area is 133 Å². The normalized spacial score (nSPS) is 12.4. The van der Waals surface area contributed by atoms with Crippen molar-refractivity contribution in [1.82, 2.24) is 9.78 Å². The number of benzene rings is 1. The summed E-state index contributed by atoms with van der Waals surface area (Å²) in [6.07, 6.45) is 0.731. The Morgan fingerprint density at radius 3 is 2.71 bits per heavy atom. The lowest BCUT2D eigenvalue weighted by molar-refractivity contribution is 0.137. The van der Waals surface area contributed by atoms with Crippen LogP contribution in [0.5, 0.6) is 5.75 Å². The van der Waals surface area contributed by atoms with Gasteiger partial charge in [-0.3, -0.25) is 4.68 Å². The van der Waals surface area contributed by atoms with Gasteiger partial charge in [-0.15, -0.1) is 0 Å². The van der Waals surface area contributed by atoms with Crippen LogP contribution in [0.25, 0.3) is 0 Å². The minimum absolute atomic E-state index is 0.439. The topological polar surface area (TPSA) is 47.3 Å². The first-order valence-electron chi connectivity index (χ1n) is 7.19. The number of halogens is 1. The van der Waals surface area contributed by atoms with Crippen LogP contribution in [0, 0.1) is 6.92 Å². The fraction of sp³-hybridized carbons (Fsp3) is 0.438. The molecule has 0 amide bonds. The van der Waals surface area contributed by atoms with E-state index in [1.807, 2.05) is 48.9 Å². The Kier molecular flexibility index (Phi) is 5.82. The van der Waals surface area contributed by atoms with Crippen molar-refractivity contribution in [3.63, 3.8) is 0 Å². The molecular formula is C16H21BrN2O2. The zero-order chi connectivity index (χ0) is 15.2.